The standard InChI is InChI=1S/C16H22ClN3/c1-10-5-6-11(2)13(7-10)8-14(18)9-15-16(17)12(3)19-20(15)4/h5-7,14H,8-9,18H2,1-4H3. The van der Waals surface area contributed by atoms with Crippen molar-refractivity contribution in [3.63, 3.8) is 0 Å². The number of halogens is 1. The van der Waals surface area contributed by atoms with Gasteiger partial charge in [0.25, 0.3) is 0 Å². The van der Waals surface area contributed by atoms with Crippen molar-refractivity contribution in [1.29, 1.82) is 0 Å². The molecule has 108 valence electrons. The molecule has 0 spiro atoms. The van der Waals surface area contributed by atoms with Gasteiger partial charge in [-0.3, -0.25) is 4.68 Å². The van der Waals surface area contributed by atoms with Gasteiger partial charge < -0.3 is 5.73 Å². The monoisotopic (exact) mass is 291 g/mol. The minimum absolute atomic E-state index is 0.0443. The summed E-state index contributed by atoms with van der Waals surface area (Å²) in [5.41, 5.74) is 12.1. The second-order valence-electron chi connectivity index (χ2n) is 5.57. The van der Waals surface area contributed by atoms with Crippen LogP contribution in [0.2, 0.25) is 5.02 Å². The molecule has 3 nitrogen and oxygen atoms in total. The van der Waals surface area contributed by atoms with Gasteiger partial charge in [0.2, 0.25) is 0 Å². The van der Waals surface area contributed by atoms with Gasteiger partial charge in [-0.2, -0.15) is 5.10 Å². The van der Waals surface area contributed by atoms with Crippen LogP contribution in [-0.4, -0.2) is 15.8 Å². The first-order valence-electron chi connectivity index (χ1n) is 6.88. The SMILES string of the molecule is Cc1ccc(C)c(CC(N)Cc2c(Cl)c(C)nn2C)c1. The summed E-state index contributed by atoms with van der Waals surface area (Å²) in [4.78, 5) is 0. The van der Waals surface area contributed by atoms with Crippen molar-refractivity contribution in [2.45, 2.75) is 39.7 Å². The largest absolute Gasteiger partial charge is 0.327 e. The Kier molecular flexibility index (Phi) is 4.51. The van der Waals surface area contributed by atoms with Crippen LogP contribution in [0.1, 0.15) is 28.1 Å². The summed E-state index contributed by atoms with van der Waals surface area (Å²) in [7, 11) is 1.92. The zero-order chi connectivity index (χ0) is 14.9. The minimum atomic E-state index is 0.0443. The van der Waals surface area contributed by atoms with Crippen molar-refractivity contribution in [2.75, 3.05) is 0 Å². The average Bonchev–Trinajstić information content (AvgIpc) is 2.61. The lowest BCUT2D eigenvalue weighted by Gasteiger charge is -2.14. The summed E-state index contributed by atoms with van der Waals surface area (Å²) >= 11 is 6.28. The summed E-state index contributed by atoms with van der Waals surface area (Å²) in [5.74, 6) is 0. The third kappa shape index (κ3) is 3.22. The smallest absolute Gasteiger partial charge is 0.0847 e. The van der Waals surface area contributed by atoms with Gasteiger partial charge in [0, 0.05) is 19.5 Å². The lowest BCUT2D eigenvalue weighted by Crippen LogP contribution is -2.27. The van der Waals surface area contributed by atoms with E-state index in [1.54, 1.807) is 0 Å². The molecule has 0 bridgehead atoms. The van der Waals surface area contributed by atoms with Crippen LogP contribution in [0, 0.1) is 20.8 Å². The summed E-state index contributed by atoms with van der Waals surface area (Å²) in [5, 5.41) is 5.07. The van der Waals surface area contributed by atoms with E-state index in [1.807, 2.05) is 18.7 Å². The normalized spacial score (nSPS) is 12.7. The topological polar surface area (TPSA) is 43.8 Å². The van der Waals surface area contributed by atoms with E-state index >= 15 is 0 Å². The number of hydrogen-bond donors (Lipinski definition) is 1. The summed E-state index contributed by atoms with van der Waals surface area (Å²) in [6.45, 7) is 6.15. The minimum Gasteiger partial charge on any atom is -0.327 e. The number of nitrogens with zero attached hydrogens (tertiary/aromatic N) is 2. The van der Waals surface area contributed by atoms with Gasteiger partial charge >= 0.3 is 0 Å². The van der Waals surface area contributed by atoms with E-state index in [0.717, 1.165) is 29.3 Å². The molecule has 2 N–H and O–H groups in total. The van der Waals surface area contributed by atoms with Crippen LogP contribution < -0.4 is 5.73 Å². The lowest BCUT2D eigenvalue weighted by atomic mass is 9.97. The predicted octanol–water partition coefficient (Wildman–Crippen LogP) is 3.11. The third-order valence-corrected chi connectivity index (χ3v) is 4.20. The maximum atomic E-state index is 6.30. The fourth-order valence-corrected chi connectivity index (χ4v) is 2.76. The van der Waals surface area contributed by atoms with Crippen molar-refractivity contribution in [3.05, 3.63) is 51.3 Å². The van der Waals surface area contributed by atoms with Crippen molar-refractivity contribution < 1.29 is 0 Å². The van der Waals surface area contributed by atoms with Gasteiger partial charge in [-0.25, -0.2) is 0 Å². The molecule has 0 saturated heterocycles. The van der Waals surface area contributed by atoms with Crippen LogP contribution in [0.4, 0.5) is 0 Å². The van der Waals surface area contributed by atoms with Gasteiger partial charge in [-0.1, -0.05) is 35.4 Å². The summed E-state index contributed by atoms with van der Waals surface area (Å²) in [6.07, 6.45) is 1.59. The van der Waals surface area contributed by atoms with E-state index in [9.17, 15) is 0 Å². The molecule has 0 radical (unpaired) electrons. The quantitative estimate of drug-likeness (QED) is 0.940. The van der Waals surface area contributed by atoms with Crippen molar-refractivity contribution >= 4 is 11.6 Å². The highest BCUT2D eigenvalue weighted by Crippen LogP contribution is 2.21. The first kappa shape index (κ1) is 15.1. The van der Waals surface area contributed by atoms with E-state index in [-0.39, 0.29) is 6.04 Å². The Bertz CT molecular complexity index is 616. The number of nitrogens with two attached hydrogens (primary N) is 1. The van der Waals surface area contributed by atoms with Crippen LogP contribution in [-0.2, 0) is 19.9 Å². The Morgan fingerprint density at radius 3 is 2.55 bits per heavy atom. The van der Waals surface area contributed by atoms with Crippen molar-refractivity contribution in [3.8, 4) is 0 Å². The van der Waals surface area contributed by atoms with Gasteiger partial charge in [-0.15, -0.1) is 0 Å². The molecule has 2 aromatic rings. The van der Waals surface area contributed by atoms with Crippen LogP contribution in [0.5, 0.6) is 0 Å². The Morgan fingerprint density at radius 1 is 1.25 bits per heavy atom. The number of hydrogen-bond acceptors (Lipinski definition) is 2. The summed E-state index contributed by atoms with van der Waals surface area (Å²) < 4.78 is 1.83. The van der Waals surface area contributed by atoms with E-state index in [2.05, 4.69) is 37.1 Å². The van der Waals surface area contributed by atoms with Crippen LogP contribution in [0.15, 0.2) is 18.2 Å². The first-order chi connectivity index (χ1) is 9.38. The Hall–Kier alpha value is -1.32. The molecule has 0 amide bonds. The second kappa shape index (κ2) is 5.98. The fraction of sp³-hybridized carbons (Fsp3) is 0.438. The van der Waals surface area contributed by atoms with E-state index in [1.165, 1.54) is 16.7 Å². The molecule has 0 fully saturated rings. The molecular formula is C16H22ClN3. The highest BCUT2D eigenvalue weighted by Gasteiger charge is 2.15. The maximum Gasteiger partial charge on any atom is 0.0847 e. The Balaban J connectivity index is 2.13. The van der Waals surface area contributed by atoms with Crippen LogP contribution in [0.25, 0.3) is 0 Å². The van der Waals surface area contributed by atoms with Crippen LogP contribution >= 0.6 is 11.6 Å². The fourth-order valence-electron chi connectivity index (χ4n) is 2.53. The summed E-state index contributed by atoms with van der Waals surface area (Å²) in [6, 6.07) is 6.54. The predicted molar refractivity (Wildman–Crippen MR) is 84.3 cm³/mol. The molecule has 20 heavy (non-hydrogen) atoms. The van der Waals surface area contributed by atoms with Gasteiger partial charge in [-0.05, 0) is 38.3 Å². The zero-order valence-electron chi connectivity index (χ0n) is 12.6. The van der Waals surface area contributed by atoms with Crippen molar-refractivity contribution in [1.82, 2.24) is 9.78 Å². The first-order valence-corrected chi connectivity index (χ1v) is 7.26. The van der Waals surface area contributed by atoms with Gasteiger partial charge in [0.05, 0.1) is 16.4 Å². The van der Waals surface area contributed by atoms with E-state index < -0.39 is 0 Å². The molecule has 1 heterocycles. The molecule has 1 aromatic heterocycles. The molecule has 0 aliphatic rings. The van der Waals surface area contributed by atoms with Gasteiger partial charge in [0.1, 0.15) is 0 Å². The highest BCUT2D eigenvalue weighted by atomic mass is 35.5. The second-order valence-corrected chi connectivity index (χ2v) is 5.95. The Morgan fingerprint density at radius 2 is 1.95 bits per heavy atom. The molecule has 4 heteroatoms. The van der Waals surface area contributed by atoms with E-state index in [0.29, 0.717) is 0 Å². The molecule has 0 aliphatic heterocycles. The lowest BCUT2D eigenvalue weighted by molar-refractivity contribution is 0.611. The Labute approximate surface area is 125 Å². The maximum absolute atomic E-state index is 6.30. The number of aromatic nitrogens is 2. The highest BCUT2D eigenvalue weighted by molar-refractivity contribution is 6.31. The number of aryl methyl sites for hydroxylation is 4. The third-order valence-electron chi connectivity index (χ3n) is 3.70. The molecule has 1 unspecified atom stereocenters. The average molecular weight is 292 g/mol. The molecule has 1 atom stereocenters. The molecule has 0 saturated carbocycles. The number of benzene rings is 1. The number of rotatable bonds is 4. The molecule has 2 rings (SSSR count). The van der Waals surface area contributed by atoms with Crippen LogP contribution in [0.3, 0.4) is 0 Å². The molecule has 0 aliphatic carbocycles. The van der Waals surface area contributed by atoms with E-state index in [4.69, 9.17) is 17.3 Å². The van der Waals surface area contributed by atoms with Crippen molar-refractivity contribution in [2.24, 2.45) is 12.8 Å². The molecular weight excluding hydrogens is 270 g/mol. The molecule has 1 aromatic carbocycles. The van der Waals surface area contributed by atoms with Gasteiger partial charge in [0.15, 0.2) is 0 Å². The zero-order valence-corrected chi connectivity index (χ0v) is 13.3.